The molecule has 0 bridgehead atoms. The van der Waals surface area contributed by atoms with Gasteiger partial charge in [-0.3, -0.25) is 0 Å². The maximum atomic E-state index is 9.77. The van der Waals surface area contributed by atoms with Crippen LogP contribution in [0.4, 0.5) is 0 Å². The van der Waals surface area contributed by atoms with Crippen molar-refractivity contribution in [2.75, 3.05) is 0 Å². The van der Waals surface area contributed by atoms with E-state index in [1.807, 2.05) is 6.07 Å². The van der Waals surface area contributed by atoms with E-state index >= 15 is 0 Å². The highest BCUT2D eigenvalue weighted by Gasteiger charge is 2.30. The molecule has 1 atom stereocenters. The van der Waals surface area contributed by atoms with Crippen LogP contribution in [0.2, 0.25) is 0 Å². The van der Waals surface area contributed by atoms with Crippen molar-refractivity contribution in [2.24, 2.45) is 11.7 Å². The van der Waals surface area contributed by atoms with E-state index in [4.69, 9.17) is 5.73 Å². The summed E-state index contributed by atoms with van der Waals surface area (Å²) >= 11 is 0. The van der Waals surface area contributed by atoms with Crippen LogP contribution in [0.5, 0.6) is 5.75 Å². The smallest absolute Gasteiger partial charge is 0.120 e. The number of hydrogen-bond acceptors (Lipinski definition) is 2. The minimum atomic E-state index is 0.0295. The Kier molecular flexibility index (Phi) is 2.96. The Bertz CT molecular complexity index is 344. The molecule has 15 heavy (non-hydrogen) atoms. The topological polar surface area (TPSA) is 46.2 Å². The van der Waals surface area contributed by atoms with Gasteiger partial charge in [0.15, 0.2) is 0 Å². The van der Waals surface area contributed by atoms with Crippen LogP contribution in [0, 0.1) is 5.92 Å². The molecule has 1 saturated carbocycles. The van der Waals surface area contributed by atoms with Crippen LogP contribution in [-0.4, -0.2) is 5.11 Å². The molecule has 1 aliphatic rings. The predicted molar refractivity (Wildman–Crippen MR) is 61.8 cm³/mol. The fraction of sp³-hybridized carbons (Fsp3) is 0.538. The van der Waals surface area contributed by atoms with Gasteiger partial charge in [0.1, 0.15) is 5.75 Å². The quantitative estimate of drug-likeness (QED) is 0.794. The molecule has 1 aliphatic carbocycles. The highest BCUT2D eigenvalue weighted by Crippen LogP contribution is 2.42. The largest absolute Gasteiger partial charge is 0.508 e. The van der Waals surface area contributed by atoms with Crippen LogP contribution >= 0.6 is 0 Å². The Labute approximate surface area is 91.1 Å². The number of phenols is 1. The second-order valence-electron chi connectivity index (χ2n) is 4.51. The normalized spacial score (nSPS) is 17.7. The van der Waals surface area contributed by atoms with Gasteiger partial charge in [-0.2, -0.15) is 0 Å². The zero-order chi connectivity index (χ0) is 10.8. The van der Waals surface area contributed by atoms with Gasteiger partial charge in [0.25, 0.3) is 0 Å². The summed E-state index contributed by atoms with van der Waals surface area (Å²) in [7, 11) is 0. The van der Waals surface area contributed by atoms with Crippen LogP contribution in [0.3, 0.4) is 0 Å². The fourth-order valence-electron chi connectivity index (χ4n) is 2.02. The maximum absolute atomic E-state index is 9.77. The molecule has 1 fully saturated rings. The number of hydrogen-bond donors (Lipinski definition) is 2. The molecule has 82 valence electrons. The van der Waals surface area contributed by atoms with Gasteiger partial charge in [0, 0.05) is 11.6 Å². The first-order chi connectivity index (χ1) is 7.22. The van der Waals surface area contributed by atoms with Crippen LogP contribution in [0.1, 0.15) is 43.4 Å². The Morgan fingerprint density at radius 1 is 1.47 bits per heavy atom. The molecule has 3 N–H and O–H groups in total. The van der Waals surface area contributed by atoms with Gasteiger partial charge in [-0.1, -0.05) is 25.5 Å². The highest BCUT2D eigenvalue weighted by atomic mass is 16.3. The number of aromatic hydroxyl groups is 1. The molecular weight excluding hydrogens is 186 g/mol. The van der Waals surface area contributed by atoms with E-state index in [0.29, 0.717) is 11.7 Å². The highest BCUT2D eigenvalue weighted by molar-refractivity contribution is 5.39. The first-order valence-corrected chi connectivity index (χ1v) is 5.79. The minimum absolute atomic E-state index is 0.0295. The van der Waals surface area contributed by atoms with Gasteiger partial charge in [-0.05, 0) is 36.8 Å². The van der Waals surface area contributed by atoms with Crippen molar-refractivity contribution >= 4 is 0 Å². The number of phenolic OH excluding ortho intramolecular Hbond substituents is 1. The van der Waals surface area contributed by atoms with Crippen molar-refractivity contribution in [1.29, 1.82) is 0 Å². The van der Waals surface area contributed by atoms with E-state index in [9.17, 15) is 5.11 Å². The molecule has 2 nitrogen and oxygen atoms in total. The summed E-state index contributed by atoms with van der Waals surface area (Å²) in [5.41, 5.74) is 8.32. The molecule has 0 aliphatic heterocycles. The number of nitrogens with two attached hydrogens (primary N) is 1. The fourth-order valence-corrected chi connectivity index (χ4v) is 2.02. The van der Waals surface area contributed by atoms with Crippen molar-refractivity contribution in [1.82, 2.24) is 0 Å². The van der Waals surface area contributed by atoms with Crippen LogP contribution in [-0.2, 0) is 6.42 Å². The van der Waals surface area contributed by atoms with Crippen molar-refractivity contribution in [3.05, 3.63) is 29.3 Å². The molecule has 0 amide bonds. The summed E-state index contributed by atoms with van der Waals surface area (Å²) in [4.78, 5) is 0. The van der Waals surface area contributed by atoms with Crippen LogP contribution < -0.4 is 5.73 Å². The Morgan fingerprint density at radius 3 is 2.80 bits per heavy atom. The Hall–Kier alpha value is -1.02. The summed E-state index contributed by atoms with van der Waals surface area (Å²) in [6.45, 7) is 2.16. The van der Waals surface area contributed by atoms with Crippen molar-refractivity contribution in [3.8, 4) is 5.75 Å². The predicted octanol–water partition coefficient (Wildman–Crippen LogP) is 2.75. The second-order valence-corrected chi connectivity index (χ2v) is 4.51. The summed E-state index contributed by atoms with van der Waals surface area (Å²) in [6, 6.07) is 5.87. The third kappa shape index (κ3) is 2.32. The Balaban J connectivity index is 2.23. The number of benzene rings is 1. The minimum Gasteiger partial charge on any atom is -0.508 e. The lowest BCUT2D eigenvalue weighted by atomic mass is 9.98. The molecule has 0 heterocycles. The van der Waals surface area contributed by atoms with E-state index in [-0.39, 0.29) is 6.04 Å². The van der Waals surface area contributed by atoms with E-state index < -0.39 is 0 Å². The Morgan fingerprint density at radius 2 is 2.20 bits per heavy atom. The summed E-state index contributed by atoms with van der Waals surface area (Å²) in [5.74, 6) is 0.946. The molecule has 1 aromatic carbocycles. The third-order valence-electron chi connectivity index (χ3n) is 3.12. The molecular formula is C13H19NO. The summed E-state index contributed by atoms with van der Waals surface area (Å²) < 4.78 is 0. The van der Waals surface area contributed by atoms with Crippen LogP contribution in [0.25, 0.3) is 0 Å². The average molecular weight is 205 g/mol. The lowest BCUT2D eigenvalue weighted by Gasteiger charge is -2.14. The number of aryl methyl sites for hydroxylation is 1. The summed E-state index contributed by atoms with van der Waals surface area (Å²) in [6.07, 6.45) is 4.60. The molecule has 2 heteroatoms. The van der Waals surface area contributed by atoms with Crippen molar-refractivity contribution in [2.45, 2.75) is 38.6 Å². The van der Waals surface area contributed by atoms with Gasteiger partial charge in [-0.15, -0.1) is 0 Å². The zero-order valence-corrected chi connectivity index (χ0v) is 9.24. The molecule has 0 radical (unpaired) electrons. The van der Waals surface area contributed by atoms with Crippen LogP contribution in [0.15, 0.2) is 18.2 Å². The number of rotatable bonds is 4. The van der Waals surface area contributed by atoms with E-state index in [1.54, 1.807) is 6.07 Å². The van der Waals surface area contributed by atoms with Crippen molar-refractivity contribution < 1.29 is 5.11 Å². The molecule has 0 spiro atoms. The van der Waals surface area contributed by atoms with E-state index in [1.165, 1.54) is 18.4 Å². The monoisotopic (exact) mass is 205 g/mol. The van der Waals surface area contributed by atoms with E-state index in [0.717, 1.165) is 18.4 Å². The van der Waals surface area contributed by atoms with Gasteiger partial charge in [0.05, 0.1) is 0 Å². The standard InChI is InChI=1S/C13H19NO/c1-2-3-9-4-7-12(15)11(8-9)13(14)10-5-6-10/h4,7-8,10,13,15H,2-3,5-6,14H2,1H3/t13-/m0/s1. The SMILES string of the molecule is CCCc1ccc(O)c([C@@H](N)C2CC2)c1. The molecule has 0 aromatic heterocycles. The first-order valence-electron chi connectivity index (χ1n) is 5.79. The first kappa shape index (κ1) is 10.5. The zero-order valence-electron chi connectivity index (χ0n) is 9.24. The average Bonchev–Trinajstić information content (AvgIpc) is 3.04. The molecule has 2 rings (SSSR count). The molecule has 0 saturated heterocycles. The second kappa shape index (κ2) is 4.23. The van der Waals surface area contributed by atoms with E-state index in [2.05, 4.69) is 13.0 Å². The van der Waals surface area contributed by atoms with Gasteiger partial charge < -0.3 is 10.8 Å². The molecule has 1 aromatic rings. The van der Waals surface area contributed by atoms with Gasteiger partial charge in [0.2, 0.25) is 0 Å². The third-order valence-corrected chi connectivity index (χ3v) is 3.12. The maximum Gasteiger partial charge on any atom is 0.120 e. The van der Waals surface area contributed by atoms with Gasteiger partial charge in [-0.25, -0.2) is 0 Å². The van der Waals surface area contributed by atoms with Gasteiger partial charge >= 0.3 is 0 Å². The molecule has 0 unspecified atom stereocenters. The lowest BCUT2D eigenvalue weighted by molar-refractivity contribution is 0.456. The van der Waals surface area contributed by atoms with Crippen molar-refractivity contribution in [3.63, 3.8) is 0 Å². The summed E-state index contributed by atoms with van der Waals surface area (Å²) in [5, 5.41) is 9.77. The lowest BCUT2D eigenvalue weighted by Crippen LogP contribution is -2.12.